The minimum Gasteiger partial charge on any atom is -0.423 e. The Balaban J connectivity index is 1.75. The van der Waals surface area contributed by atoms with Crippen LogP contribution in [0.1, 0.15) is 65.2 Å². The molecule has 0 heterocycles. The van der Waals surface area contributed by atoms with Crippen molar-refractivity contribution in [3.63, 3.8) is 0 Å². The van der Waals surface area contributed by atoms with E-state index in [0.29, 0.717) is 17.2 Å². The lowest BCUT2D eigenvalue weighted by atomic mass is 9.80. The maximum absolute atomic E-state index is 13.1. The summed E-state index contributed by atoms with van der Waals surface area (Å²) in [6, 6.07) is 11.7. The first-order valence-electron chi connectivity index (χ1n) is 13.6. The zero-order chi connectivity index (χ0) is 28.4. The molecule has 2 aromatic carbocycles. The van der Waals surface area contributed by atoms with Crippen LogP contribution in [0.3, 0.4) is 0 Å². The van der Waals surface area contributed by atoms with E-state index < -0.39 is 18.5 Å². The fourth-order valence-electron chi connectivity index (χ4n) is 4.56. The fraction of sp³-hybridized carbons (Fsp3) is 0.406. The van der Waals surface area contributed by atoms with E-state index in [2.05, 4.69) is 20.1 Å². The predicted octanol–water partition coefficient (Wildman–Crippen LogP) is 6.58. The van der Waals surface area contributed by atoms with Gasteiger partial charge >= 0.3 is 17.9 Å². The Labute approximate surface area is 230 Å². The summed E-state index contributed by atoms with van der Waals surface area (Å²) in [5, 5.41) is 9.03. The van der Waals surface area contributed by atoms with Gasteiger partial charge in [0, 0.05) is 5.57 Å². The van der Waals surface area contributed by atoms with Crippen LogP contribution in [0.15, 0.2) is 66.8 Å². The fourth-order valence-corrected chi connectivity index (χ4v) is 4.56. The van der Waals surface area contributed by atoms with Crippen molar-refractivity contribution in [2.24, 2.45) is 11.8 Å². The summed E-state index contributed by atoms with van der Waals surface area (Å²) in [4.78, 5) is 37.2. The first-order valence-corrected chi connectivity index (χ1v) is 13.6. The molecule has 0 bridgehead atoms. The van der Waals surface area contributed by atoms with Gasteiger partial charge in [0.1, 0.15) is 5.75 Å². The van der Waals surface area contributed by atoms with E-state index in [-0.39, 0.29) is 34.5 Å². The molecule has 208 valence electrons. The number of ether oxygens (including phenoxy) is 3. The van der Waals surface area contributed by atoms with Gasteiger partial charge in [-0.2, -0.15) is 0 Å². The number of hydrogen-bond acceptors (Lipinski definition) is 7. The number of carbonyl (C=O) groups is 3. The number of carbonyl (C=O) groups excluding carboxylic acids is 3. The largest absolute Gasteiger partial charge is 0.423 e. The Kier molecular flexibility index (Phi) is 11.1. The molecule has 0 atom stereocenters. The summed E-state index contributed by atoms with van der Waals surface area (Å²) >= 11 is 0. The third-order valence-corrected chi connectivity index (χ3v) is 6.98. The highest BCUT2D eigenvalue weighted by molar-refractivity contribution is 5.90. The van der Waals surface area contributed by atoms with Crippen LogP contribution < -0.4 is 14.2 Å². The van der Waals surface area contributed by atoms with Crippen LogP contribution in [-0.2, 0) is 14.4 Å². The van der Waals surface area contributed by atoms with Crippen LogP contribution in [0, 0.1) is 11.8 Å². The number of unbranched alkanes of at least 4 members (excludes halogenated alkanes) is 2. The molecule has 0 aromatic heterocycles. The lowest BCUT2D eigenvalue weighted by molar-refractivity contribution is -0.141. The van der Waals surface area contributed by atoms with Crippen LogP contribution in [0.4, 0.5) is 0 Å². The molecular formula is C32H38O7. The molecule has 0 amide bonds. The highest BCUT2D eigenvalue weighted by Gasteiger charge is 2.28. The molecular weight excluding hydrogens is 496 g/mol. The van der Waals surface area contributed by atoms with Crippen molar-refractivity contribution in [1.82, 2.24) is 0 Å². The quantitative estimate of drug-likeness (QED) is 0.142. The molecule has 0 aliphatic heterocycles. The maximum Gasteiger partial charge on any atom is 0.341 e. The lowest BCUT2D eigenvalue weighted by Crippen LogP contribution is -2.26. The molecule has 1 fully saturated rings. The molecule has 2 aromatic rings. The van der Waals surface area contributed by atoms with Gasteiger partial charge in [-0.1, -0.05) is 64.0 Å². The van der Waals surface area contributed by atoms with Crippen molar-refractivity contribution in [2.75, 3.05) is 6.61 Å². The summed E-state index contributed by atoms with van der Waals surface area (Å²) < 4.78 is 16.5. The zero-order valence-electron chi connectivity index (χ0n) is 22.9. The number of aliphatic hydroxyl groups excluding tert-OH is 1. The monoisotopic (exact) mass is 534 g/mol. The van der Waals surface area contributed by atoms with Gasteiger partial charge in [-0.3, -0.25) is 4.79 Å². The van der Waals surface area contributed by atoms with Crippen molar-refractivity contribution in [3.8, 4) is 28.4 Å². The molecule has 3 rings (SSSR count). The SMILES string of the molecule is C=C(C)C(=O)Oc1ccc(-c2ccc(OC(=O)C(=C)CO)cc2)cc1OC(=O)C1CCC(CCCCC)CC1. The van der Waals surface area contributed by atoms with E-state index in [0.717, 1.165) is 31.2 Å². The van der Waals surface area contributed by atoms with Gasteiger partial charge < -0.3 is 19.3 Å². The van der Waals surface area contributed by atoms with Gasteiger partial charge in [-0.15, -0.1) is 0 Å². The van der Waals surface area contributed by atoms with Crippen LogP contribution in [0.25, 0.3) is 11.1 Å². The molecule has 1 aliphatic rings. The average Bonchev–Trinajstić information content (AvgIpc) is 2.94. The van der Waals surface area contributed by atoms with Crippen molar-refractivity contribution in [2.45, 2.75) is 65.2 Å². The van der Waals surface area contributed by atoms with Crippen LogP contribution in [0.2, 0.25) is 0 Å². The minimum absolute atomic E-state index is 0.0459. The third-order valence-electron chi connectivity index (χ3n) is 6.98. The lowest BCUT2D eigenvalue weighted by Gasteiger charge is -2.27. The first-order chi connectivity index (χ1) is 18.7. The minimum atomic E-state index is -0.710. The van der Waals surface area contributed by atoms with E-state index in [4.69, 9.17) is 19.3 Å². The molecule has 1 N–H and O–H groups in total. The Morgan fingerprint density at radius 3 is 2.13 bits per heavy atom. The Hall–Kier alpha value is -3.71. The molecule has 1 saturated carbocycles. The third kappa shape index (κ3) is 8.65. The second-order valence-electron chi connectivity index (χ2n) is 10.1. The highest BCUT2D eigenvalue weighted by Crippen LogP contribution is 2.37. The first kappa shape index (κ1) is 29.8. The predicted molar refractivity (Wildman–Crippen MR) is 149 cm³/mol. The van der Waals surface area contributed by atoms with E-state index in [9.17, 15) is 14.4 Å². The van der Waals surface area contributed by atoms with Crippen LogP contribution in [0.5, 0.6) is 17.2 Å². The van der Waals surface area contributed by atoms with Crippen molar-refractivity contribution < 1.29 is 33.7 Å². The molecule has 0 spiro atoms. The Morgan fingerprint density at radius 1 is 0.846 bits per heavy atom. The van der Waals surface area contributed by atoms with Crippen LogP contribution >= 0.6 is 0 Å². The van der Waals surface area contributed by atoms with Gasteiger partial charge in [0.25, 0.3) is 0 Å². The molecule has 7 heteroatoms. The van der Waals surface area contributed by atoms with E-state index in [1.54, 1.807) is 49.4 Å². The van der Waals surface area contributed by atoms with Crippen molar-refractivity contribution >= 4 is 17.9 Å². The zero-order valence-corrected chi connectivity index (χ0v) is 22.9. The van der Waals surface area contributed by atoms with Gasteiger partial charge in [0.15, 0.2) is 11.5 Å². The molecule has 0 radical (unpaired) electrons. The smallest absolute Gasteiger partial charge is 0.341 e. The molecule has 0 saturated heterocycles. The number of benzene rings is 2. The number of aliphatic hydroxyl groups is 1. The summed E-state index contributed by atoms with van der Waals surface area (Å²) in [6.45, 7) is 10.3. The standard InChI is InChI=1S/C32H38O7/c1-5-6-7-8-23-9-11-25(12-10-23)32(36)39-29-19-26(15-18-28(29)38-30(34)21(2)3)24-13-16-27(17-14-24)37-31(35)22(4)20-33/h13-19,23,25,33H,2,4-12,20H2,1,3H3. The highest BCUT2D eigenvalue weighted by atomic mass is 16.6. The Morgan fingerprint density at radius 2 is 1.51 bits per heavy atom. The van der Waals surface area contributed by atoms with Crippen LogP contribution in [-0.4, -0.2) is 29.6 Å². The Bertz CT molecular complexity index is 1190. The number of esters is 3. The molecule has 7 nitrogen and oxygen atoms in total. The second kappa shape index (κ2) is 14.4. The van der Waals surface area contributed by atoms with Crippen molar-refractivity contribution in [3.05, 3.63) is 66.8 Å². The van der Waals surface area contributed by atoms with E-state index in [1.807, 2.05) is 0 Å². The summed E-state index contributed by atoms with van der Waals surface area (Å²) in [7, 11) is 0. The molecule has 39 heavy (non-hydrogen) atoms. The normalized spacial score (nSPS) is 16.7. The summed E-state index contributed by atoms with van der Waals surface area (Å²) in [5.74, 6) is -0.571. The summed E-state index contributed by atoms with van der Waals surface area (Å²) in [5.41, 5.74) is 1.66. The number of hydrogen-bond donors (Lipinski definition) is 1. The summed E-state index contributed by atoms with van der Waals surface area (Å²) in [6.07, 6.45) is 8.52. The maximum atomic E-state index is 13.1. The van der Waals surface area contributed by atoms with Gasteiger partial charge in [-0.05, 0) is 73.9 Å². The van der Waals surface area contributed by atoms with E-state index >= 15 is 0 Å². The van der Waals surface area contributed by atoms with Crippen molar-refractivity contribution in [1.29, 1.82) is 0 Å². The number of rotatable bonds is 12. The topological polar surface area (TPSA) is 99.1 Å². The molecule has 1 aliphatic carbocycles. The molecule has 0 unspecified atom stereocenters. The average molecular weight is 535 g/mol. The van der Waals surface area contributed by atoms with Gasteiger partial charge in [0.2, 0.25) is 0 Å². The van der Waals surface area contributed by atoms with E-state index in [1.165, 1.54) is 25.7 Å². The van der Waals surface area contributed by atoms with Gasteiger partial charge in [-0.25, -0.2) is 9.59 Å². The van der Waals surface area contributed by atoms with Gasteiger partial charge in [0.05, 0.1) is 18.1 Å². The second-order valence-corrected chi connectivity index (χ2v) is 10.1.